The Hall–Kier alpha value is -2.76. The van der Waals surface area contributed by atoms with Gasteiger partial charge in [-0.25, -0.2) is 0 Å². The largest absolute Gasteiger partial charge is 0.143 e. The summed E-state index contributed by atoms with van der Waals surface area (Å²) in [6.07, 6.45) is 18.5. The van der Waals surface area contributed by atoms with Crippen LogP contribution in [0.15, 0.2) is 95.7 Å². The van der Waals surface area contributed by atoms with E-state index in [2.05, 4.69) is 110 Å². The molecule has 0 aliphatic heterocycles. The maximum Gasteiger partial charge on any atom is 0.0449 e. The van der Waals surface area contributed by atoms with Gasteiger partial charge in [-0.15, -0.1) is 45.3 Å². The number of benzene rings is 2. The minimum atomic E-state index is 0.0354. The van der Waals surface area contributed by atoms with Gasteiger partial charge in [-0.05, 0) is 82.3 Å². The fourth-order valence-corrected chi connectivity index (χ4v) is 11.9. The van der Waals surface area contributed by atoms with Crippen molar-refractivity contribution in [3.63, 3.8) is 0 Å². The minimum absolute atomic E-state index is 0.0354. The molecule has 0 fully saturated rings. The van der Waals surface area contributed by atoms with Gasteiger partial charge in [0.2, 0.25) is 0 Å². The van der Waals surface area contributed by atoms with Crippen LogP contribution in [0.3, 0.4) is 0 Å². The third kappa shape index (κ3) is 7.35. The average molecular weight is 719 g/mol. The number of thiophene rings is 4. The van der Waals surface area contributed by atoms with E-state index in [-0.39, 0.29) is 5.41 Å². The van der Waals surface area contributed by atoms with Gasteiger partial charge in [0.25, 0.3) is 0 Å². The number of hydrogen-bond donors (Lipinski definition) is 0. The highest BCUT2D eigenvalue weighted by Crippen LogP contribution is 2.60. The van der Waals surface area contributed by atoms with Crippen LogP contribution < -0.4 is 0 Å². The number of hydrogen-bond acceptors (Lipinski definition) is 4. The second-order valence-corrected chi connectivity index (χ2v) is 17.9. The van der Waals surface area contributed by atoms with E-state index >= 15 is 0 Å². The Bertz CT molecular complexity index is 1880. The van der Waals surface area contributed by atoms with Crippen LogP contribution in [0.25, 0.3) is 51.5 Å². The molecule has 4 heterocycles. The third-order valence-electron chi connectivity index (χ3n) is 10.6. The Morgan fingerprint density at radius 2 is 0.959 bits per heavy atom. The molecular weight excluding hydrogens is 669 g/mol. The van der Waals surface area contributed by atoms with Crippen molar-refractivity contribution in [2.75, 3.05) is 0 Å². The van der Waals surface area contributed by atoms with E-state index in [4.69, 9.17) is 0 Å². The summed E-state index contributed by atoms with van der Waals surface area (Å²) in [5.41, 5.74) is 9.11. The minimum Gasteiger partial charge on any atom is -0.143 e. The first-order valence-electron chi connectivity index (χ1n) is 18.8. The third-order valence-corrected chi connectivity index (χ3v) is 14.9. The van der Waals surface area contributed by atoms with E-state index in [0.29, 0.717) is 0 Å². The van der Waals surface area contributed by atoms with Crippen LogP contribution in [0.1, 0.15) is 115 Å². The summed E-state index contributed by atoms with van der Waals surface area (Å²) in [6.45, 7) is 4.65. The molecule has 0 amide bonds. The molecule has 49 heavy (non-hydrogen) atoms. The fraction of sp³-hybridized carbons (Fsp3) is 0.378. The summed E-state index contributed by atoms with van der Waals surface area (Å²) in [6, 6.07) is 32.9. The number of unbranched alkanes of at least 4 members (excludes halogenated alkanes) is 10. The molecular formula is C45H50S4. The summed E-state index contributed by atoms with van der Waals surface area (Å²) < 4.78 is 0. The second kappa shape index (κ2) is 16.5. The molecule has 0 atom stereocenters. The molecule has 0 bridgehead atoms. The first-order chi connectivity index (χ1) is 24.2. The van der Waals surface area contributed by atoms with Gasteiger partial charge in [-0.3, -0.25) is 0 Å². The Balaban J connectivity index is 1.38. The number of rotatable bonds is 18. The smallest absolute Gasteiger partial charge is 0.0449 e. The molecule has 1 aliphatic carbocycles. The van der Waals surface area contributed by atoms with Crippen LogP contribution >= 0.6 is 45.3 Å². The molecule has 254 valence electrons. The molecule has 4 heteroatoms. The SMILES string of the molecule is CCCCCCCCC1(CCCCCCCC)c2ccccc2-c2ccc(-c3ccc(-c4cccs4)s3)c(-c3ccc(-c4cccs4)s3)c21. The highest BCUT2D eigenvalue weighted by molar-refractivity contribution is 7.24. The first-order valence-corrected chi connectivity index (χ1v) is 22.2. The van der Waals surface area contributed by atoms with Gasteiger partial charge in [0.05, 0.1) is 0 Å². The molecule has 1 aliphatic rings. The first kappa shape index (κ1) is 34.7. The van der Waals surface area contributed by atoms with Crippen LogP contribution in [0.4, 0.5) is 0 Å². The van der Waals surface area contributed by atoms with Crippen molar-refractivity contribution in [1.29, 1.82) is 0 Å². The molecule has 4 aromatic heterocycles. The zero-order valence-electron chi connectivity index (χ0n) is 29.3. The van der Waals surface area contributed by atoms with Crippen molar-refractivity contribution in [1.82, 2.24) is 0 Å². The topological polar surface area (TPSA) is 0 Å². The Kier molecular flexibility index (Phi) is 11.7. The van der Waals surface area contributed by atoms with Gasteiger partial charge in [0.1, 0.15) is 0 Å². The lowest BCUT2D eigenvalue weighted by molar-refractivity contribution is 0.398. The molecule has 7 rings (SSSR count). The van der Waals surface area contributed by atoms with Crippen molar-refractivity contribution in [3.05, 3.63) is 107 Å². The van der Waals surface area contributed by atoms with Gasteiger partial charge in [-0.1, -0.05) is 139 Å². The fourth-order valence-electron chi connectivity index (χ4n) is 8.17. The summed E-state index contributed by atoms with van der Waals surface area (Å²) in [5, 5.41) is 4.41. The van der Waals surface area contributed by atoms with Crippen LogP contribution in [0.2, 0.25) is 0 Å². The Morgan fingerprint density at radius 1 is 0.429 bits per heavy atom. The lowest BCUT2D eigenvalue weighted by Crippen LogP contribution is -2.26. The zero-order chi connectivity index (χ0) is 33.5. The van der Waals surface area contributed by atoms with Gasteiger partial charge in [-0.2, -0.15) is 0 Å². The maximum absolute atomic E-state index is 2.50. The van der Waals surface area contributed by atoms with Crippen LogP contribution in [-0.4, -0.2) is 0 Å². The predicted octanol–water partition coefficient (Wildman–Crippen LogP) is 16.4. The average Bonchev–Trinajstić information content (AvgIpc) is 3.98. The van der Waals surface area contributed by atoms with E-state index < -0.39 is 0 Å². The molecule has 0 unspecified atom stereocenters. The molecule has 0 radical (unpaired) electrons. The van der Waals surface area contributed by atoms with Crippen LogP contribution in [0.5, 0.6) is 0 Å². The summed E-state index contributed by atoms with van der Waals surface area (Å²) >= 11 is 7.65. The van der Waals surface area contributed by atoms with Crippen molar-refractivity contribution in [3.8, 4) is 51.5 Å². The van der Waals surface area contributed by atoms with E-state index in [9.17, 15) is 0 Å². The van der Waals surface area contributed by atoms with Crippen LogP contribution in [0, 0.1) is 0 Å². The van der Waals surface area contributed by atoms with Gasteiger partial charge >= 0.3 is 0 Å². The maximum atomic E-state index is 2.50. The normalized spacial score (nSPS) is 13.2. The summed E-state index contributed by atoms with van der Waals surface area (Å²) in [4.78, 5) is 8.29. The molecule has 2 aromatic carbocycles. The van der Waals surface area contributed by atoms with Crippen molar-refractivity contribution in [2.24, 2.45) is 0 Å². The standard InChI is InChI=1S/C45H50S4/c1-3-5-7-9-11-15-29-45(30-16-12-10-8-6-4-2)36-20-14-13-19-33(36)34-23-24-35(37-25-26-40(48-37)38-21-17-31-46-38)43(44(34)45)42-28-27-41(49-42)39-22-18-32-47-39/h13-14,17-28,31-32H,3-12,15-16,29-30H2,1-2H3. The predicted molar refractivity (Wildman–Crippen MR) is 222 cm³/mol. The van der Waals surface area contributed by atoms with Crippen molar-refractivity contribution < 1.29 is 0 Å². The van der Waals surface area contributed by atoms with Gasteiger partial charge in [0.15, 0.2) is 0 Å². The number of fused-ring (bicyclic) bond motifs is 3. The van der Waals surface area contributed by atoms with Gasteiger partial charge < -0.3 is 0 Å². The molecule has 6 aromatic rings. The molecule has 0 spiro atoms. The lowest BCUT2D eigenvalue weighted by Gasteiger charge is -2.35. The molecule has 0 saturated carbocycles. The van der Waals surface area contributed by atoms with E-state index in [1.807, 2.05) is 45.3 Å². The molecule has 0 saturated heterocycles. The summed E-state index contributed by atoms with van der Waals surface area (Å²) in [5.74, 6) is 0. The van der Waals surface area contributed by atoms with E-state index in [1.165, 1.54) is 141 Å². The highest BCUT2D eigenvalue weighted by atomic mass is 32.1. The van der Waals surface area contributed by atoms with E-state index in [1.54, 1.807) is 11.1 Å². The molecule has 0 nitrogen and oxygen atoms in total. The second-order valence-electron chi connectivity index (χ2n) is 13.9. The van der Waals surface area contributed by atoms with Crippen molar-refractivity contribution in [2.45, 2.75) is 109 Å². The van der Waals surface area contributed by atoms with Crippen LogP contribution in [-0.2, 0) is 5.41 Å². The lowest BCUT2D eigenvalue weighted by atomic mass is 9.68. The zero-order valence-corrected chi connectivity index (χ0v) is 32.5. The van der Waals surface area contributed by atoms with Crippen molar-refractivity contribution >= 4 is 45.3 Å². The Morgan fingerprint density at radius 3 is 1.57 bits per heavy atom. The van der Waals surface area contributed by atoms with Gasteiger partial charge in [0, 0.05) is 45.8 Å². The Labute approximate surface area is 310 Å². The molecule has 0 N–H and O–H groups in total. The highest BCUT2D eigenvalue weighted by Gasteiger charge is 2.44. The monoisotopic (exact) mass is 718 g/mol. The quantitative estimate of drug-likeness (QED) is 0.0776. The van der Waals surface area contributed by atoms with E-state index in [0.717, 1.165) is 0 Å². The summed E-state index contributed by atoms with van der Waals surface area (Å²) in [7, 11) is 0.